The van der Waals surface area contributed by atoms with Gasteiger partial charge in [-0.15, -0.1) is 0 Å². The number of aryl methyl sites for hydroxylation is 1. The van der Waals surface area contributed by atoms with Crippen LogP contribution in [0.4, 0.5) is 10.2 Å². The van der Waals surface area contributed by atoms with Crippen LogP contribution in [0.25, 0.3) is 5.69 Å². The Morgan fingerprint density at radius 3 is 2.58 bits per heavy atom. The highest BCUT2D eigenvalue weighted by atomic mass is 32.2. The Morgan fingerprint density at radius 2 is 1.88 bits per heavy atom. The van der Waals surface area contributed by atoms with E-state index in [1.165, 1.54) is 12.1 Å². The molecule has 3 aromatic rings. The van der Waals surface area contributed by atoms with Gasteiger partial charge in [-0.1, -0.05) is 30.0 Å². The highest BCUT2D eigenvalue weighted by Gasteiger charge is 2.30. The summed E-state index contributed by atoms with van der Waals surface area (Å²) < 4.78 is 20.7. The Kier molecular flexibility index (Phi) is 4.28. The standard InChI is InChI=1S/C20H18FN3OS/c1-12-18-19(14-7-9-17(25-3)10-8-14)26-13(2)22-20(18)24(23-12)16-6-4-5-15(21)11-16/h4-11,19H,1-3H3/t19-/m0/s1. The molecule has 1 aromatic heterocycles. The Morgan fingerprint density at radius 1 is 1.12 bits per heavy atom. The van der Waals surface area contributed by atoms with Crippen molar-refractivity contribution in [2.24, 2.45) is 4.99 Å². The minimum atomic E-state index is -0.290. The molecule has 1 aliphatic rings. The zero-order valence-electron chi connectivity index (χ0n) is 14.7. The predicted octanol–water partition coefficient (Wildman–Crippen LogP) is 5.21. The number of hydrogen-bond donors (Lipinski definition) is 0. The van der Waals surface area contributed by atoms with Crippen molar-refractivity contribution in [2.75, 3.05) is 7.11 Å². The lowest BCUT2D eigenvalue weighted by molar-refractivity contribution is 0.414. The van der Waals surface area contributed by atoms with Gasteiger partial charge in [0, 0.05) is 5.56 Å². The van der Waals surface area contributed by atoms with Crippen LogP contribution in [0.1, 0.15) is 29.0 Å². The molecule has 6 heteroatoms. The van der Waals surface area contributed by atoms with Crippen molar-refractivity contribution in [1.82, 2.24) is 9.78 Å². The number of aromatic nitrogens is 2. The Balaban J connectivity index is 1.85. The number of fused-ring (bicyclic) bond motifs is 1. The maximum absolute atomic E-state index is 13.7. The lowest BCUT2D eigenvalue weighted by Crippen LogP contribution is -2.06. The van der Waals surface area contributed by atoms with Gasteiger partial charge in [0.25, 0.3) is 0 Å². The highest BCUT2D eigenvalue weighted by Crippen LogP contribution is 2.47. The van der Waals surface area contributed by atoms with Crippen molar-refractivity contribution in [3.05, 3.63) is 71.2 Å². The van der Waals surface area contributed by atoms with Crippen LogP contribution in [0.15, 0.2) is 53.5 Å². The molecular weight excluding hydrogens is 349 g/mol. The second kappa shape index (κ2) is 6.61. The number of aliphatic imine (C=N–C) groups is 1. The normalized spacial score (nSPS) is 16.2. The van der Waals surface area contributed by atoms with Crippen LogP contribution in [0.3, 0.4) is 0 Å². The molecule has 4 nitrogen and oxygen atoms in total. The van der Waals surface area contributed by atoms with E-state index in [-0.39, 0.29) is 11.1 Å². The zero-order chi connectivity index (χ0) is 18.3. The molecule has 2 aromatic carbocycles. The van der Waals surface area contributed by atoms with Crippen LogP contribution < -0.4 is 4.74 Å². The number of benzene rings is 2. The van der Waals surface area contributed by atoms with E-state index < -0.39 is 0 Å². The van der Waals surface area contributed by atoms with Gasteiger partial charge in [0.05, 0.1) is 28.8 Å². The van der Waals surface area contributed by atoms with Gasteiger partial charge in [0.15, 0.2) is 5.82 Å². The van der Waals surface area contributed by atoms with E-state index in [9.17, 15) is 4.39 Å². The fourth-order valence-corrected chi connectivity index (χ4v) is 4.32. The lowest BCUT2D eigenvalue weighted by atomic mass is 10.0. The average molecular weight is 367 g/mol. The van der Waals surface area contributed by atoms with Crippen LogP contribution in [0.2, 0.25) is 0 Å². The molecule has 1 aliphatic heterocycles. The van der Waals surface area contributed by atoms with Crippen LogP contribution in [-0.2, 0) is 0 Å². The van der Waals surface area contributed by atoms with E-state index >= 15 is 0 Å². The van der Waals surface area contributed by atoms with E-state index in [0.717, 1.165) is 33.4 Å². The Hall–Kier alpha value is -2.60. The van der Waals surface area contributed by atoms with Gasteiger partial charge in [-0.05, 0) is 49.7 Å². The highest BCUT2D eigenvalue weighted by molar-refractivity contribution is 8.14. The summed E-state index contributed by atoms with van der Waals surface area (Å²) in [5.41, 5.74) is 3.79. The average Bonchev–Trinajstić information content (AvgIpc) is 2.97. The fourth-order valence-electron chi connectivity index (χ4n) is 3.15. The summed E-state index contributed by atoms with van der Waals surface area (Å²) >= 11 is 1.70. The zero-order valence-corrected chi connectivity index (χ0v) is 15.5. The lowest BCUT2D eigenvalue weighted by Gasteiger charge is -2.22. The van der Waals surface area contributed by atoms with Gasteiger partial charge in [0.2, 0.25) is 0 Å². The molecule has 0 spiro atoms. The van der Waals surface area contributed by atoms with Gasteiger partial charge in [-0.3, -0.25) is 0 Å². The molecule has 0 bridgehead atoms. The van der Waals surface area contributed by atoms with Crippen molar-refractivity contribution < 1.29 is 9.13 Å². The molecule has 0 fully saturated rings. The Labute approximate surface area is 155 Å². The molecule has 0 radical (unpaired) electrons. The van der Waals surface area contributed by atoms with Crippen LogP contribution in [0.5, 0.6) is 5.75 Å². The first-order valence-corrected chi connectivity index (χ1v) is 9.16. The quantitative estimate of drug-likeness (QED) is 0.637. The molecule has 0 aliphatic carbocycles. The van der Waals surface area contributed by atoms with Crippen molar-refractivity contribution >= 4 is 22.6 Å². The van der Waals surface area contributed by atoms with Gasteiger partial charge < -0.3 is 4.74 Å². The van der Waals surface area contributed by atoms with Gasteiger partial charge >= 0.3 is 0 Å². The third kappa shape index (κ3) is 2.90. The summed E-state index contributed by atoms with van der Waals surface area (Å²) in [6.45, 7) is 3.96. The van der Waals surface area contributed by atoms with Gasteiger partial charge in [-0.25, -0.2) is 14.1 Å². The number of ether oxygens (including phenoxy) is 1. The summed E-state index contributed by atoms with van der Waals surface area (Å²) in [5.74, 6) is 1.31. The summed E-state index contributed by atoms with van der Waals surface area (Å²) in [6.07, 6.45) is 0. The van der Waals surface area contributed by atoms with Gasteiger partial charge in [0.1, 0.15) is 11.6 Å². The topological polar surface area (TPSA) is 39.4 Å². The molecule has 0 amide bonds. The molecule has 0 unspecified atom stereocenters. The summed E-state index contributed by atoms with van der Waals surface area (Å²) in [5, 5.41) is 5.70. The molecule has 1 atom stereocenters. The smallest absolute Gasteiger partial charge is 0.161 e. The maximum Gasteiger partial charge on any atom is 0.161 e. The van der Waals surface area contributed by atoms with Crippen molar-refractivity contribution in [1.29, 1.82) is 0 Å². The molecule has 0 saturated heterocycles. The van der Waals surface area contributed by atoms with Crippen LogP contribution in [-0.4, -0.2) is 21.9 Å². The number of rotatable bonds is 3. The SMILES string of the molecule is COc1ccc([C@@H]2SC(C)=Nc3c2c(C)nn3-c2cccc(F)c2)cc1. The minimum Gasteiger partial charge on any atom is -0.497 e. The maximum atomic E-state index is 13.7. The first-order valence-electron chi connectivity index (χ1n) is 8.28. The van der Waals surface area contributed by atoms with E-state index in [1.807, 2.05) is 32.0 Å². The number of nitrogens with zero attached hydrogens (tertiary/aromatic N) is 3. The number of thioether (sulfide) groups is 1. The molecule has 132 valence electrons. The van der Waals surface area contributed by atoms with E-state index in [2.05, 4.69) is 17.2 Å². The molecule has 2 heterocycles. The van der Waals surface area contributed by atoms with Gasteiger partial charge in [-0.2, -0.15) is 5.10 Å². The predicted molar refractivity (Wildman–Crippen MR) is 103 cm³/mol. The third-order valence-corrected chi connectivity index (χ3v) is 5.54. The molecular formula is C20H18FN3OS. The van der Waals surface area contributed by atoms with Crippen LogP contribution >= 0.6 is 11.8 Å². The van der Waals surface area contributed by atoms with Crippen LogP contribution in [0, 0.1) is 12.7 Å². The van der Waals surface area contributed by atoms with E-state index in [4.69, 9.17) is 9.73 Å². The molecule has 0 saturated carbocycles. The third-order valence-electron chi connectivity index (χ3n) is 4.37. The molecule has 4 rings (SSSR count). The second-order valence-corrected chi connectivity index (χ2v) is 7.41. The molecule has 26 heavy (non-hydrogen) atoms. The van der Waals surface area contributed by atoms with Crippen molar-refractivity contribution in [2.45, 2.75) is 19.1 Å². The Bertz CT molecular complexity index is 995. The summed E-state index contributed by atoms with van der Waals surface area (Å²) in [6, 6.07) is 14.5. The minimum absolute atomic E-state index is 0.0933. The van der Waals surface area contributed by atoms with Crippen molar-refractivity contribution in [3.63, 3.8) is 0 Å². The number of hydrogen-bond acceptors (Lipinski definition) is 4. The number of methoxy groups -OCH3 is 1. The first-order chi connectivity index (χ1) is 12.6. The van der Waals surface area contributed by atoms with E-state index in [1.54, 1.807) is 29.6 Å². The van der Waals surface area contributed by atoms with Crippen molar-refractivity contribution in [3.8, 4) is 11.4 Å². The molecule has 0 N–H and O–H groups in total. The largest absolute Gasteiger partial charge is 0.497 e. The van der Waals surface area contributed by atoms with E-state index in [0.29, 0.717) is 5.69 Å². The monoisotopic (exact) mass is 367 g/mol. The summed E-state index contributed by atoms with van der Waals surface area (Å²) in [4.78, 5) is 4.72. The number of halogens is 1. The first kappa shape index (κ1) is 16.8. The fraction of sp³-hybridized carbons (Fsp3) is 0.200. The second-order valence-electron chi connectivity index (χ2n) is 6.12. The summed E-state index contributed by atoms with van der Waals surface area (Å²) in [7, 11) is 1.66.